The number of fused-ring (bicyclic) bond motifs is 1. The molecule has 2 heterocycles. The maximum Gasteiger partial charge on any atom is 0.122 e. The summed E-state index contributed by atoms with van der Waals surface area (Å²) < 4.78 is 5.97. The van der Waals surface area contributed by atoms with Crippen molar-refractivity contribution >= 4 is 0 Å². The molecule has 0 bridgehead atoms. The van der Waals surface area contributed by atoms with Crippen LogP contribution in [0, 0.1) is 5.92 Å². The van der Waals surface area contributed by atoms with E-state index < -0.39 is 0 Å². The molecule has 1 aliphatic carbocycles. The predicted molar refractivity (Wildman–Crippen MR) is 77.0 cm³/mol. The maximum atomic E-state index is 6.07. The Kier molecular flexibility index (Phi) is 3.94. The second-order valence-electron chi connectivity index (χ2n) is 6.05. The number of nitrogens with zero attached hydrogens (tertiary/aromatic N) is 1. The van der Waals surface area contributed by atoms with Crippen LogP contribution in [0.3, 0.4) is 0 Å². The van der Waals surface area contributed by atoms with Crippen LogP contribution in [0.5, 0.6) is 0 Å². The van der Waals surface area contributed by atoms with Crippen molar-refractivity contribution in [3.8, 4) is 0 Å². The second-order valence-corrected chi connectivity index (χ2v) is 6.05. The Morgan fingerprint density at radius 2 is 2.16 bits per heavy atom. The number of furan rings is 1. The van der Waals surface area contributed by atoms with Gasteiger partial charge >= 0.3 is 0 Å². The third kappa shape index (κ3) is 2.46. The molecule has 1 aromatic heterocycles. The van der Waals surface area contributed by atoms with E-state index in [1.165, 1.54) is 38.6 Å². The van der Waals surface area contributed by atoms with E-state index in [0.29, 0.717) is 6.54 Å². The molecule has 0 amide bonds. The topological polar surface area (TPSA) is 42.4 Å². The van der Waals surface area contributed by atoms with Crippen LogP contribution in [0.2, 0.25) is 0 Å². The van der Waals surface area contributed by atoms with Gasteiger partial charge in [0.05, 0.1) is 6.04 Å². The minimum atomic E-state index is 0.284. The fourth-order valence-corrected chi connectivity index (χ4v) is 4.06. The Bertz CT molecular complexity index is 415. The molecule has 3 heteroatoms. The molecule has 3 rings (SSSR count). The van der Waals surface area contributed by atoms with Crippen molar-refractivity contribution in [2.75, 3.05) is 13.1 Å². The standard InChI is InChI=1S/C16H26N2O/c1-2-13-8-9-16(19-13)15(11-17)18-10-4-6-12-5-3-7-14(12)18/h8-9,12,14-15H,2-7,10-11,17H2,1H3. The predicted octanol–water partition coefficient (Wildman–Crippen LogP) is 3.11. The molecule has 106 valence electrons. The van der Waals surface area contributed by atoms with Crippen molar-refractivity contribution in [2.45, 2.75) is 57.5 Å². The highest BCUT2D eigenvalue weighted by Gasteiger charge is 2.38. The molecule has 3 unspecified atom stereocenters. The van der Waals surface area contributed by atoms with Gasteiger partial charge in [-0.25, -0.2) is 0 Å². The van der Waals surface area contributed by atoms with Crippen molar-refractivity contribution < 1.29 is 4.42 Å². The Balaban J connectivity index is 1.80. The van der Waals surface area contributed by atoms with Crippen LogP contribution in [0.4, 0.5) is 0 Å². The Labute approximate surface area is 116 Å². The van der Waals surface area contributed by atoms with Gasteiger partial charge in [-0.05, 0) is 50.3 Å². The summed E-state index contributed by atoms with van der Waals surface area (Å²) in [4.78, 5) is 2.64. The van der Waals surface area contributed by atoms with Gasteiger partial charge in [0.15, 0.2) is 0 Å². The number of nitrogens with two attached hydrogens (primary N) is 1. The maximum absolute atomic E-state index is 6.07. The van der Waals surface area contributed by atoms with Crippen LogP contribution in [-0.2, 0) is 6.42 Å². The minimum Gasteiger partial charge on any atom is -0.464 e. The van der Waals surface area contributed by atoms with E-state index in [4.69, 9.17) is 10.2 Å². The van der Waals surface area contributed by atoms with Crippen molar-refractivity contribution in [2.24, 2.45) is 11.7 Å². The van der Waals surface area contributed by atoms with Gasteiger partial charge in [-0.3, -0.25) is 4.90 Å². The molecule has 1 saturated carbocycles. The van der Waals surface area contributed by atoms with Crippen molar-refractivity contribution in [3.05, 3.63) is 23.7 Å². The summed E-state index contributed by atoms with van der Waals surface area (Å²) in [5, 5.41) is 0. The molecule has 0 aromatic carbocycles. The summed E-state index contributed by atoms with van der Waals surface area (Å²) in [6, 6.07) is 5.27. The van der Waals surface area contributed by atoms with E-state index in [0.717, 1.165) is 29.9 Å². The smallest absolute Gasteiger partial charge is 0.122 e. The van der Waals surface area contributed by atoms with E-state index in [2.05, 4.69) is 24.0 Å². The lowest BCUT2D eigenvalue weighted by Crippen LogP contribution is -2.46. The number of aryl methyl sites for hydroxylation is 1. The molecule has 1 aromatic rings. The van der Waals surface area contributed by atoms with E-state index in [-0.39, 0.29) is 6.04 Å². The highest BCUT2D eigenvalue weighted by molar-refractivity contribution is 5.12. The minimum absolute atomic E-state index is 0.284. The average molecular weight is 262 g/mol. The number of hydrogen-bond acceptors (Lipinski definition) is 3. The first-order chi connectivity index (χ1) is 9.33. The first-order valence-corrected chi connectivity index (χ1v) is 7.88. The number of likely N-dealkylation sites (tertiary alicyclic amines) is 1. The molecule has 19 heavy (non-hydrogen) atoms. The first-order valence-electron chi connectivity index (χ1n) is 7.88. The monoisotopic (exact) mass is 262 g/mol. The van der Waals surface area contributed by atoms with Crippen LogP contribution in [0.1, 0.15) is 56.6 Å². The summed E-state index contributed by atoms with van der Waals surface area (Å²) in [6.45, 7) is 3.99. The molecule has 0 spiro atoms. The Morgan fingerprint density at radius 3 is 2.89 bits per heavy atom. The van der Waals surface area contributed by atoms with Crippen LogP contribution < -0.4 is 5.73 Å². The Morgan fingerprint density at radius 1 is 1.32 bits per heavy atom. The van der Waals surface area contributed by atoms with E-state index in [1.807, 2.05) is 0 Å². The summed E-state index contributed by atoms with van der Waals surface area (Å²) in [7, 11) is 0. The highest BCUT2D eigenvalue weighted by Crippen LogP contribution is 2.40. The van der Waals surface area contributed by atoms with Crippen LogP contribution in [0.15, 0.2) is 16.5 Å². The van der Waals surface area contributed by atoms with Crippen molar-refractivity contribution in [3.63, 3.8) is 0 Å². The highest BCUT2D eigenvalue weighted by atomic mass is 16.3. The van der Waals surface area contributed by atoms with Gasteiger partial charge in [0, 0.05) is 19.0 Å². The van der Waals surface area contributed by atoms with E-state index >= 15 is 0 Å². The van der Waals surface area contributed by atoms with Gasteiger partial charge in [0.1, 0.15) is 11.5 Å². The largest absolute Gasteiger partial charge is 0.464 e. The zero-order chi connectivity index (χ0) is 13.2. The molecule has 0 radical (unpaired) electrons. The molecule has 1 saturated heterocycles. The Hall–Kier alpha value is -0.800. The van der Waals surface area contributed by atoms with Crippen molar-refractivity contribution in [1.82, 2.24) is 4.90 Å². The summed E-state index contributed by atoms with van der Waals surface area (Å²) in [5.41, 5.74) is 6.07. The lowest BCUT2D eigenvalue weighted by atomic mass is 9.90. The van der Waals surface area contributed by atoms with Gasteiger partial charge in [0.25, 0.3) is 0 Å². The zero-order valence-electron chi connectivity index (χ0n) is 12.0. The number of piperidine rings is 1. The van der Waals surface area contributed by atoms with Gasteiger partial charge in [0.2, 0.25) is 0 Å². The summed E-state index contributed by atoms with van der Waals surface area (Å²) in [5.74, 6) is 3.06. The summed E-state index contributed by atoms with van der Waals surface area (Å²) >= 11 is 0. The molecular weight excluding hydrogens is 236 g/mol. The third-order valence-electron chi connectivity index (χ3n) is 5.02. The van der Waals surface area contributed by atoms with Gasteiger partial charge < -0.3 is 10.2 Å². The lowest BCUT2D eigenvalue weighted by Gasteiger charge is -2.41. The summed E-state index contributed by atoms with van der Waals surface area (Å²) in [6.07, 6.45) is 7.85. The van der Waals surface area contributed by atoms with Gasteiger partial charge in [-0.2, -0.15) is 0 Å². The number of hydrogen-bond donors (Lipinski definition) is 1. The molecule has 2 N–H and O–H groups in total. The normalized spacial score (nSPS) is 29.4. The zero-order valence-corrected chi connectivity index (χ0v) is 12.0. The second kappa shape index (κ2) is 5.68. The van der Waals surface area contributed by atoms with Crippen LogP contribution in [0.25, 0.3) is 0 Å². The quantitative estimate of drug-likeness (QED) is 0.906. The molecule has 1 aliphatic heterocycles. The molecule has 2 fully saturated rings. The lowest BCUT2D eigenvalue weighted by molar-refractivity contribution is 0.0600. The SMILES string of the molecule is CCc1ccc(C(CN)N2CCCC3CCCC32)o1. The molecule has 2 aliphatic rings. The van der Waals surface area contributed by atoms with Gasteiger partial charge in [-0.15, -0.1) is 0 Å². The number of rotatable bonds is 4. The first kappa shape index (κ1) is 13.2. The van der Waals surface area contributed by atoms with E-state index in [1.54, 1.807) is 0 Å². The van der Waals surface area contributed by atoms with Crippen LogP contribution in [-0.4, -0.2) is 24.0 Å². The fraction of sp³-hybridized carbons (Fsp3) is 0.750. The van der Waals surface area contributed by atoms with Crippen molar-refractivity contribution in [1.29, 1.82) is 0 Å². The molecular formula is C16H26N2O. The van der Waals surface area contributed by atoms with Gasteiger partial charge in [-0.1, -0.05) is 13.3 Å². The third-order valence-corrected chi connectivity index (χ3v) is 5.02. The molecule has 3 nitrogen and oxygen atoms in total. The van der Waals surface area contributed by atoms with E-state index in [9.17, 15) is 0 Å². The molecule has 3 atom stereocenters. The fourth-order valence-electron chi connectivity index (χ4n) is 4.06. The average Bonchev–Trinajstić information content (AvgIpc) is 3.08. The van der Waals surface area contributed by atoms with Crippen LogP contribution >= 0.6 is 0 Å².